The van der Waals surface area contributed by atoms with Crippen LogP contribution in [0, 0.1) is 20.8 Å². The van der Waals surface area contributed by atoms with E-state index in [1.165, 1.54) is 11.5 Å². The van der Waals surface area contributed by atoms with Gasteiger partial charge < -0.3 is 14.5 Å². The highest BCUT2D eigenvalue weighted by atomic mass is 32.1. The Balaban J connectivity index is 2.13. The van der Waals surface area contributed by atoms with Crippen LogP contribution in [0.1, 0.15) is 51.6 Å². The van der Waals surface area contributed by atoms with Crippen molar-refractivity contribution in [3.8, 4) is 0 Å². The van der Waals surface area contributed by atoms with Crippen LogP contribution >= 0.6 is 11.3 Å². The molecule has 0 aliphatic carbocycles. The Hall–Kier alpha value is -2.68. The molecular formula is C18H22N2O6S. The molecule has 2 heterocycles. The van der Waals surface area contributed by atoms with E-state index in [4.69, 9.17) is 9.47 Å². The van der Waals surface area contributed by atoms with Crippen LogP contribution < -0.4 is 4.87 Å². The average molecular weight is 394 g/mol. The highest BCUT2D eigenvalue weighted by Crippen LogP contribution is 2.21. The third-order valence-corrected chi connectivity index (χ3v) is 4.99. The Bertz CT molecular complexity index is 936. The predicted octanol–water partition coefficient (Wildman–Crippen LogP) is 2.15. The fourth-order valence-corrected chi connectivity index (χ4v) is 3.46. The first-order valence-electron chi connectivity index (χ1n) is 8.42. The molecule has 0 radical (unpaired) electrons. The zero-order valence-corrected chi connectivity index (χ0v) is 16.7. The quantitative estimate of drug-likeness (QED) is 0.570. The number of carbonyl (C=O) groups is 3. The zero-order chi connectivity index (χ0) is 20.3. The highest BCUT2D eigenvalue weighted by Gasteiger charge is 2.27. The summed E-state index contributed by atoms with van der Waals surface area (Å²) in [6.45, 7) is 8.11. The maximum atomic E-state index is 12.7. The molecule has 27 heavy (non-hydrogen) atoms. The molecule has 0 unspecified atom stereocenters. The number of aromatic nitrogens is 2. The van der Waals surface area contributed by atoms with Crippen LogP contribution in [-0.2, 0) is 20.8 Å². The van der Waals surface area contributed by atoms with Gasteiger partial charge in [0.05, 0.1) is 17.9 Å². The molecule has 8 nitrogen and oxygen atoms in total. The van der Waals surface area contributed by atoms with Gasteiger partial charge >= 0.3 is 16.8 Å². The Morgan fingerprint density at radius 3 is 2.48 bits per heavy atom. The van der Waals surface area contributed by atoms with E-state index in [1.54, 1.807) is 33.1 Å². The molecule has 0 fully saturated rings. The van der Waals surface area contributed by atoms with Crippen molar-refractivity contribution in [1.82, 2.24) is 9.55 Å². The summed E-state index contributed by atoms with van der Waals surface area (Å²) < 4.78 is 11.5. The van der Waals surface area contributed by atoms with Gasteiger partial charge in [-0.05, 0) is 40.2 Å². The van der Waals surface area contributed by atoms with E-state index in [0.717, 1.165) is 11.3 Å². The van der Waals surface area contributed by atoms with E-state index in [9.17, 15) is 19.2 Å². The van der Waals surface area contributed by atoms with Gasteiger partial charge in [-0.1, -0.05) is 11.3 Å². The lowest BCUT2D eigenvalue weighted by Crippen LogP contribution is -2.29. The average Bonchev–Trinajstić information content (AvgIpc) is 3.07. The summed E-state index contributed by atoms with van der Waals surface area (Å²) >= 11 is 0.992. The summed E-state index contributed by atoms with van der Waals surface area (Å²) in [7, 11) is 0. The summed E-state index contributed by atoms with van der Waals surface area (Å²) in [5.41, 5.74) is 2.10. The molecule has 0 saturated carbocycles. The summed E-state index contributed by atoms with van der Waals surface area (Å²) in [5, 5.41) is 1.65. The number of ketones is 1. The molecule has 0 aliphatic rings. The summed E-state index contributed by atoms with van der Waals surface area (Å²) in [4.78, 5) is 51.1. The lowest BCUT2D eigenvalue weighted by molar-refractivity contribution is -0.147. The van der Waals surface area contributed by atoms with Gasteiger partial charge in [-0.15, -0.1) is 0 Å². The van der Waals surface area contributed by atoms with E-state index >= 15 is 0 Å². The second-order valence-electron chi connectivity index (χ2n) is 6.07. The maximum absolute atomic E-state index is 12.7. The number of carbonyl (C=O) groups excluding carboxylic acids is 3. The van der Waals surface area contributed by atoms with Crippen LogP contribution in [-0.4, -0.2) is 40.0 Å². The number of ether oxygens (including phenoxy) is 2. The van der Waals surface area contributed by atoms with Crippen molar-refractivity contribution in [2.75, 3.05) is 6.61 Å². The first kappa shape index (κ1) is 20.6. The predicted molar refractivity (Wildman–Crippen MR) is 99.4 cm³/mol. The van der Waals surface area contributed by atoms with Crippen LogP contribution in [0.2, 0.25) is 0 Å². The monoisotopic (exact) mass is 394 g/mol. The Morgan fingerprint density at radius 2 is 1.93 bits per heavy atom. The number of thiazole rings is 1. The molecule has 0 aromatic carbocycles. The number of esters is 2. The first-order chi connectivity index (χ1) is 12.7. The van der Waals surface area contributed by atoms with Gasteiger partial charge in [-0.2, -0.15) is 0 Å². The molecule has 146 valence electrons. The minimum atomic E-state index is -1.07. The van der Waals surface area contributed by atoms with Crippen molar-refractivity contribution in [1.29, 1.82) is 0 Å². The lowest BCUT2D eigenvalue weighted by Gasteiger charge is -2.13. The number of nitrogens with one attached hydrogen (secondary N) is 1. The lowest BCUT2D eigenvalue weighted by atomic mass is 10.1. The highest BCUT2D eigenvalue weighted by molar-refractivity contribution is 7.07. The maximum Gasteiger partial charge on any atom is 0.340 e. The Morgan fingerprint density at radius 1 is 1.26 bits per heavy atom. The second kappa shape index (κ2) is 8.34. The topological polar surface area (TPSA) is 107 Å². The number of rotatable bonds is 7. The van der Waals surface area contributed by atoms with Crippen molar-refractivity contribution in [2.24, 2.45) is 0 Å². The summed E-state index contributed by atoms with van der Waals surface area (Å²) in [5.74, 6) is -1.67. The SMILES string of the molecule is CCOC(=O)c1c(C)[nH]c(C(=O)[C@@H](C)OC(=O)Cn2c(C)csc2=O)c1C. The molecule has 0 saturated heterocycles. The summed E-state index contributed by atoms with van der Waals surface area (Å²) in [6.07, 6.45) is -1.07. The van der Waals surface area contributed by atoms with Gasteiger partial charge in [0, 0.05) is 16.8 Å². The standard InChI is InChI=1S/C18H22N2O6S/c1-6-25-17(23)14-10(3)15(19-11(14)4)16(22)12(5)26-13(21)7-20-9(2)8-27-18(20)24/h8,12,19H,6-7H2,1-5H3/t12-/m1/s1. The van der Waals surface area contributed by atoms with Crippen molar-refractivity contribution in [2.45, 2.75) is 47.3 Å². The normalized spacial score (nSPS) is 11.9. The van der Waals surface area contributed by atoms with Gasteiger partial charge in [0.2, 0.25) is 5.78 Å². The molecule has 2 rings (SSSR count). The first-order valence-corrected chi connectivity index (χ1v) is 9.30. The number of hydrogen-bond donors (Lipinski definition) is 1. The van der Waals surface area contributed by atoms with E-state index < -0.39 is 23.8 Å². The van der Waals surface area contributed by atoms with Crippen LogP contribution in [0.25, 0.3) is 0 Å². The Labute approximate surface area is 160 Å². The molecule has 1 atom stereocenters. The van der Waals surface area contributed by atoms with Gasteiger partial charge in [-0.3, -0.25) is 19.0 Å². The van der Waals surface area contributed by atoms with Crippen LogP contribution in [0.15, 0.2) is 10.2 Å². The van der Waals surface area contributed by atoms with Crippen LogP contribution in [0.5, 0.6) is 0 Å². The van der Waals surface area contributed by atoms with Crippen molar-refractivity contribution >= 4 is 29.1 Å². The minimum absolute atomic E-state index is 0.194. The van der Waals surface area contributed by atoms with Crippen LogP contribution in [0.3, 0.4) is 0 Å². The van der Waals surface area contributed by atoms with Crippen molar-refractivity contribution in [3.05, 3.63) is 43.3 Å². The van der Waals surface area contributed by atoms with Crippen molar-refractivity contribution in [3.63, 3.8) is 0 Å². The molecular weight excluding hydrogens is 372 g/mol. The largest absolute Gasteiger partial charge is 0.462 e. The third kappa shape index (κ3) is 4.36. The van der Waals surface area contributed by atoms with Gasteiger partial charge in [0.25, 0.3) is 0 Å². The molecule has 0 bridgehead atoms. The van der Waals surface area contributed by atoms with Crippen LogP contribution in [0.4, 0.5) is 0 Å². The number of hydrogen-bond acceptors (Lipinski definition) is 7. The molecule has 2 aromatic rings. The smallest absolute Gasteiger partial charge is 0.340 e. The molecule has 9 heteroatoms. The van der Waals surface area contributed by atoms with Gasteiger partial charge in [-0.25, -0.2) is 4.79 Å². The number of aryl methyl sites for hydroxylation is 2. The van der Waals surface area contributed by atoms with E-state index in [0.29, 0.717) is 22.5 Å². The van der Waals surface area contributed by atoms with Gasteiger partial charge in [0.1, 0.15) is 6.54 Å². The van der Waals surface area contributed by atoms with E-state index in [2.05, 4.69) is 4.98 Å². The van der Waals surface area contributed by atoms with E-state index in [1.807, 2.05) is 0 Å². The van der Waals surface area contributed by atoms with Crippen molar-refractivity contribution < 1.29 is 23.9 Å². The second-order valence-corrected chi connectivity index (χ2v) is 6.89. The number of Topliss-reactive ketones (excluding diaryl/α,β-unsaturated/α-hetero) is 1. The number of nitrogens with zero attached hydrogens (tertiary/aromatic N) is 1. The van der Waals surface area contributed by atoms with Gasteiger partial charge in [0.15, 0.2) is 6.10 Å². The number of H-pyrrole nitrogens is 1. The molecule has 0 aliphatic heterocycles. The molecule has 2 aromatic heterocycles. The molecule has 0 spiro atoms. The minimum Gasteiger partial charge on any atom is -0.462 e. The molecule has 1 N–H and O–H groups in total. The molecule has 0 amide bonds. The number of aromatic amines is 1. The summed E-state index contributed by atoms with van der Waals surface area (Å²) in [6, 6.07) is 0. The third-order valence-electron chi connectivity index (χ3n) is 4.10. The fourth-order valence-electron chi connectivity index (χ4n) is 2.72. The zero-order valence-electron chi connectivity index (χ0n) is 15.9. The van der Waals surface area contributed by atoms with E-state index in [-0.39, 0.29) is 23.7 Å². The fraction of sp³-hybridized carbons (Fsp3) is 0.444. The Kier molecular flexibility index (Phi) is 6.37.